The second-order valence-corrected chi connectivity index (χ2v) is 3.87. The van der Waals surface area contributed by atoms with Crippen LogP contribution in [0.4, 0.5) is 5.69 Å². The Hall–Kier alpha value is -1.84. The molecule has 0 saturated carbocycles. The number of anilines is 1. The fourth-order valence-electron chi connectivity index (χ4n) is 1.22. The standard InChI is InChI=1S/C12H15NO3/c1-7-4-5-8(2)10(6-7)13-11(14)9(3)12(15)16/h4-6,9H,1-3H3,(H,13,14)(H,15,16). The molecule has 86 valence electrons. The molecule has 0 aliphatic carbocycles. The minimum atomic E-state index is -1.12. The average Bonchev–Trinajstić information content (AvgIpc) is 2.22. The molecule has 16 heavy (non-hydrogen) atoms. The predicted octanol–water partition coefficient (Wildman–Crippen LogP) is 1.96. The summed E-state index contributed by atoms with van der Waals surface area (Å²) in [5, 5.41) is 11.3. The number of aliphatic carboxylic acids is 1. The van der Waals surface area contributed by atoms with E-state index in [1.807, 2.05) is 32.0 Å². The number of amides is 1. The van der Waals surface area contributed by atoms with Crippen LogP contribution in [0.25, 0.3) is 0 Å². The molecule has 1 rings (SSSR count). The van der Waals surface area contributed by atoms with Gasteiger partial charge in [-0.05, 0) is 38.0 Å². The number of rotatable bonds is 3. The highest BCUT2D eigenvalue weighted by molar-refractivity contribution is 6.04. The van der Waals surface area contributed by atoms with E-state index in [2.05, 4.69) is 5.32 Å². The zero-order chi connectivity index (χ0) is 12.3. The van der Waals surface area contributed by atoms with Crippen LogP contribution in [0.15, 0.2) is 18.2 Å². The van der Waals surface area contributed by atoms with Gasteiger partial charge in [0.15, 0.2) is 0 Å². The molecule has 0 aliphatic heterocycles. The van der Waals surface area contributed by atoms with E-state index in [9.17, 15) is 9.59 Å². The van der Waals surface area contributed by atoms with Gasteiger partial charge < -0.3 is 10.4 Å². The van der Waals surface area contributed by atoms with Crippen LogP contribution in [-0.4, -0.2) is 17.0 Å². The molecule has 1 aromatic carbocycles. The average molecular weight is 221 g/mol. The second-order valence-electron chi connectivity index (χ2n) is 3.87. The van der Waals surface area contributed by atoms with Gasteiger partial charge in [-0.25, -0.2) is 0 Å². The first kappa shape index (κ1) is 12.2. The lowest BCUT2D eigenvalue weighted by Crippen LogP contribution is -2.27. The van der Waals surface area contributed by atoms with Crippen LogP contribution >= 0.6 is 0 Å². The zero-order valence-electron chi connectivity index (χ0n) is 9.57. The fourth-order valence-corrected chi connectivity index (χ4v) is 1.22. The van der Waals surface area contributed by atoms with E-state index >= 15 is 0 Å². The molecule has 0 radical (unpaired) electrons. The minimum Gasteiger partial charge on any atom is -0.481 e. The van der Waals surface area contributed by atoms with E-state index < -0.39 is 17.8 Å². The Kier molecular flexibility index (Phi) is 3.66. The Morgan fingerprint density at radius 2 is 1.94 bits per heavy atom. The summed E-state index contributed by atoms with van der Waals surface area (Å²) in [6.45, 7) is 5.14. The summed E-state index contributed by atoms with van der Waals surface area (Å²) in [5.74, 6) is -2.66. The molecule has 0 spiro atoms. The summed E-state index contributed by atoms with van der Waals surface area (Å²) in [4.78, 5) is 22.1. The highest BCUT2D eigenvalue weighted by Gasteiger charge is 2.20. The predicted molar refractivity (Wildman–Crippen MR) is 61.3 cm³/mol. The van der Waals surface area contributed by atoms with Gasteiger partial charge in [-0.2, -0.15) is 0 Å². The molecule has 4 nitrogen and oxygen atoms in total. The molecule has 0 heterocycles. The third-order valence-electron chi connectivity index (χ3n) is 2.41. The highest BCUT2D eigenvalue weighted by Crippen LogP contribution is 2.17. The molecule has 2 N–H and O–H groups in total. The maximum Gasteiger partial charge on any atom is 0.315 e. The molecular weight excluding hydrogens is 206 g/mol. The molecule has 1 aromatic rings. The van der Waals surface area contributed by atoms with Crippen molar-refractivity contribution in [2.75, 3.05) is 5.32 Å². The van der Waals surface area contributed by atoms with Crippen LogP contribution in [0.2, 0.25) is 0 Å². The summed E-state index contributed by atoms with van der Waals surface area (Å²) in [5.41, 5.74) is 2.60. The fraction of sp³-hybridized carbons (Fsp3) is 0.333. The normalized spacial score (nSPS) is 11.9. The van der Waals surface area contributed by atoms with Gasteiger partial charge in [-0.3, -0.25) is 9.59 Å². The highest BCUT2D eigenvalue weighted by atomic mass is 16.4. The molecule has 4 heteroatoms. The van der Waals surface area contributed by atoms with E-state index in [4.69, 9.17) is 5.11 Å². The summed E-state index contributed by atoms with van der Waals surface area (Å²) in [7, 11) is 0. The Labute approximate surface area is 94.3 Å². The Bertz CT molecular complexity index is 426. The number of hydrogen-bond acceptors (Lipinski definition) is 2. The second kappa shape index (κ2) is 4.79. The number of carbonyl (C=O) groups excluding carboxylic acids is 1. The van der Waals surface area contributed by atoms with Crippen LogP contribution in [0.1, 0.15) is 18.1 Å². The molecular formula is C12H15NO3. The van der Waals surface area contributed by atoms with Gasteiger partial charge in [0, 0.05) is 5.69 Å². The van der Waals surface area contributed by atoms with Gasteiger partial charge in [0.2, 0.25) is 5.91 Å². The van der Waals surface area contributed by atoms with Crippen molar-refractivity contribution < 1.29 is 14.7 Å². The van der Waals surface area contributed by atoms with Crippen molar-refractivity contribution in [2.45, 2.75) is 20.8 Å². The smallest absolute Gasteiger partial charge is 0.315 e. The minimum absolute atomic E-state index is 0.499. The topological polar surface area (TPSA) is 66.4 Å². The molecule has 1 atom stereocenters. The SMILES string of the molecule is Cc1ccc(C)c(NC(=O)C(C)C(=O)O)c1. The molecule has 0 aliphatic rings. The molecule has 0 aromatic heterocycles. The molecule has 1 amide bonds. The summed E-state index contributed by atoms with van der Waals surface area (Å²) in [6, 6.07) is 5.64. The maximum atomic E-state index is 11.5. The number of carboxylic acid groups (broad SMARTS) is 1. The van der Waals surface area contributed by atoms with Gasteiger partial charge in [0.25, 0.3) is 0 Å². The monoisotopic (exact) mass is 221 g/mol. The first-order chi connectivity index (χ1) is 7.41. The van der Waals surface area contributed by atoms with Crippen molar-refractivity contribution in [1.29, 1.82) is 0 Å². The van der Waals surface area contributed by atoms with Gasteiger partial charge in [0.05, 0.1) is 0 Å². The molecule has 1 unspecified atom stereocenters. The van der Waals surface area contributed by atoms with Crippen LogP contribution in [-0.2, 0) is 9.59 Å². The van der Waals surface area contributed by atoms with Crippen molar-refractivity contribution in [3.05, 3.63) is 29.3 Å². The van der Waals surface area contributed by atoms with Crippen molar-refractivity contribution in [3.8, 4) is 0 Å². The van der Waals surface area contributed by atoms with Crippen molar-refractivity contribution in [1.82, 2.24) is 0 Å². The van der Waals surface area contributed by atoms with Gasteiger partial charge in [-0.1, -0.05) is 12.1 Å². The third kappa shape index (κ3) is 2.82. The van der Waals surface area contributed by atoms with E-state index in [1.54, 1.807) is 0 Å². The Morgan fingerprint density at radius 3 is 2.50 bits per heavy atom. The lowest BCUT2D eigenvalue weighted by atomic mass is 10.1. The summed E-state index contributed by atoms with van der Waals surface area (Å²) >= 11 is 0. The molecule has 0 bridgehead atoms. The summed E-state index contributed by atoms with van der Waals surface area (Å²) in [6.07, 6.45) is 0. The van der Waals surface area contributed by atoms with E-state index in [0.717, 1.165) is 11.1 Å². The first-order valence-corrected chi connectivity index (χ1v) is 5.02. The number of carbonyl (C=O) groups is 2. The lowest BCUT2D eigenvalue weighted by Gasteiger charge is -2.11. The Balaban J connectivity index is 2.84. The number of carboxylic acids is 1. The van der Waals surface area contributed by atoms with E-state index in [1.165, 1.54) is 6.92 Å². The van der Waals surface area contributed by atoms with Crippen LogP contribution < -0.4 is 5.32 Å². The van der Waals surface area contributed by atoms with Gasteiger partial charge in [0.1, 0.15) is 5.92 Å². The Morgan fingerprint density at radius 1 is 1.31 bits per heavy atom. The number of hydrogen-bond donors (Lipinski definition) is 2. The third-order valence-corrected chi connectivity index (χ3v) is 2.41. The van der Waals surface area contributed by atoms with Crippen LogP contribution in [0.5, 0.6) is 0 Å². The largest absolute Gasteiger partial charge is 0.481 e. The lowest BCUT2D eigenvalue weighted by molar-refractivity contribution is -0.144. The number of benzene rings is 1. The molecule has 0 saturated heterocycles. The van der Waals surface area contributed by atoms with E-state index in [-0.39, 0.29) is 0 Å². The van der Waals surface area contributed by atoms with Crippen molar-refractivity contribution in [3.63, 3.8) is 0 Å². The zero-order valence-corrected chi connectivity index (χ0v) is 9.57. The molecule has 0 fully saturated rings. The quantitative estimate of drug-likeness (QED) is 0.767. The number of aryl methyl sites for hydroxylation is 2. The summed E-state index contributed by atoms with van der Waals surface area (Å²) < 4.78 is 0. The maximum absolute atomic E-state index is 11.5. The van der Waals surface area contributed by atoms with Gasteiger partial charge >= 0.3 is 5.97 Å². The van der Waals surface area contributed by atoms with Crippen molar-refractivity contribution >= 4 is 17.6 Å². The first-order valence-electron chi connectivity index (χ1n) is 5.02. The van der Waals surface area contributed by atoms with E-state index in [0.29, 0.717) is 5.69 Å². The number of nitrogens with one attached hydrogen (secondary N) is 1. The van der Waals surface area contributed by atoms with Crippen LogP contribution in [0, 0.1) is 19.8 Å². The van der Waals surface area contributed by atoms with Gasteiger partial charge in [-0.15, -0.1) is 0 Å². The van der Waals surface area contributed by atoms with Crippen LogP contribution in [0.3, 0.4) is 0 Å². The van der Waals surface area contributed by atoms with Crippen molar-refractivity contribution in [2.24, 2.45) is 5.92 Å².